The molecule has 0 amide bonds. The molecule has 1 rings (SSSR count). The van der Waals surface area contributed by atoms with Gasteiger partial charge in [0.25, 0.3) is 0 Å². The highest BCUT2D eigenvalue weighted by molar-refractivity contribution is 7.89. The molecule has 10 heteroatoms. The number of halogens is 3. The van der Waals surface area contributed by atoms with Crippen LogP contribution >= 0.6 is 47.0 Å². The molecule has 0 aliphatic rings. The Balaban J connectivity index is 3.00. The largest absolute Gasteiger partial charge is 0.376 e. The standard InChI is InChI=1S/C9H10Cl3N3O2S2/c10-9(11,12)7(14-8(13)18)15-19(16,17)6-4-2-1-3-5-6/h1-5,7,15H,(H3,13,14,18). The van der Waals surface area contributed by atoms with Crippen molar-refractivity contribution in [2.45, 2.75) is 14.9 Å². The minimum absolute atomic E-state index is 0.0268. The summed E-state index contributed by atoms with van der Waals surface area (Å²) in [5.74, 6) is 0. The second-order valence-electron chi connectivity index (χ2n) is 3.42. The van der Waals surface area contributed by atoms with Gasteiger partial charge < -0.3 is 11.1 Å². The van der Waals surface area contributed by atoms with Gasteiger partial charge in [0, 0.05) is 0 Å². The molecule has 19 heavy (non-hydrogen) atoms. The van der Waals surface area contributed by atoms with Gasteiger partial charge in [0.05, 0.1) is 4.90 Å². The molecule has 4 N–H and O–H groups in total. The molecule has 0 spiro atoms. The highest BCUT2D eigenvalue weighted by Gasteiger charge is 2.36. The van der Waals surface area contributed by atoms with E-state index in [1.165, 1.54) is 12.1 Å². The van der Waals surface area contributed by atoms with E-state index in [2.05, 4.69) is 22.3 Å². The van der Waals surface area contributed by atoms with Crippen LogP contribution in [0.2, 0.25) is 0 Å². The molecule has 106 valence electrons. The molecule has 0 saturated heterocycles. The van der Waals surface area contributed by atoms with Crippen molar-refractivity contribution in [3.63, 3.8) is 0 Å². The quantitative estimate of drug-likeness (QED) is 0.429. The SMILES string of the molecule is NC(=S)NC(NS(=O)(=O)c1ccccc1)C(Cl)(Cl)Cl. The van der Waals surface area contributed by atoms with Crippen molar-refractivity contribution in [2.75, 3.05) is 0 Å². The van der Waals surface area contributed by atoms with Crippen LogP contribution in [0, 0.1) is 0 Å². The second-order valence-corrected chi connectivity index (χ2v) is 7.94. The molecule has 0 aromatic heterocycles. The van der Waals surface area contributed by atoms with Crippen molar-refractivity contribution >= 4 is 62.2 Å². The second kappa shape index (κ2) is 6.43. The lowest BCUT2D eigenvalue weighted by molar-refractivity contribution is 0.536. The van der Waals surface area contributed by atoms with Gasteiger partial charge in [0.2, 0.25) is 13.8 Å². The Morgan fingerprint density at radius 2 is 1.79 bits per heavy atom. The van der Waals surface area contributed by atoms with Gasteiger partial charge in [-0.05, 0) is 24.4 Å². The number of benzene rings is 1. The van der Waals surface area contributed by atoms with Crippen LogP contribution < -0.4 is 15.8 Å². The van der Waals surface area contributed by atoms with Crippen LogP contribution in [0.5, 0.6) is 0 Å². The summed E-state index contributed by atoms with van der Waals surface area (Å²) >= 11 is 21.6. The zero-order valence-electron chi connectivity index (χ0n) is 9.31. The van der Waals surface area contributed by atoms with E-state index in [1.807, 2.05) is 0 Å². The maximum absolute atomic E-state index is 12.1. The molecule has 0 heterocycles. The fourth-order valence-electron chi connectivity index (χ4n) is 1.14. The number of sulfonamides is 1. The molecule has 0 saturated carbocycles. The molecule has 5 nitrogen and oxygen atoms in total. The summed E-state index contributed by atoms with van der Waals surface area (Å²) in [5, 5.41) is 2.17. The molecule has 1 aromatic carbocycles. The van der Waals surface area contributed by atoms with Crippen molar-refractivity contribution < 1.29 is 8.42 Å². The first-order valence-corrected chi connectivity index (χ1v) is 7.85. The van der Waals surface area contributed by atoms with Crippen LogP contribution in [0.15, 0.2) is 35.2 Å². The zero-order valence-corrected chi connectivity index (χ0v) is 13.2. The smallest absolute Gasteiger partial charge is 0.242 e. The molecule has 1 aromatic rings. The Morgan fingerprint density at radius 3 is 2.21 bits per heavy atom. The maximum Gasteiger partial charge on any atom is 0.242 e. The van der Waals surface area contributed by atoms with Gasteiger partial charge >= 0.3 is 0 Å². The minimum atomic E-state index is -3.87. The summed E-state index contributed by atoms with van der Waals surface area (Å²) in [4.78, 5) is 0.0268. The molecule has 0 aliphatic carbocycles. The van der Waals surface area contributed by atoms with Crippen molar-refractivity contribution in [1.82, 2.24) is 10.0 Å². The van der Waals surface area contributed by atoms with E-state index in [4.69, 9.17) is 40.5 Å². The third-order valence-corrected chi connectivity index (χ3v) is 4.15. The Bertz CT molecular complexity index is 546. The van der Waals surface area contributed by atoms with E-state index in [-0.39, 0.29) is 10.0 Å². The predicted molar refractivity (Wildman–Crippen MR) is 80.8 cm³/mol. The first-order chi connectivity index (χ1) is 8.63. The van der Waals surface area contributed by atoms with Gasteiger partial charge in [-0.15, -0.1) is 0 Å². The van der Waals surface area contributed by atoms with E-state index in [0.717, 1.165) is 0 Å². The summed E-state index contributed by atoms with van der Waals surface area (Å²) in [6.45, 7) is 0. The van der Waals surface area contributed by atoms with E-state index in [0.29, 0.717) is 0 Å². The van der Waals surface area contributed by atoms with Gasteiger partial charge in [-0.25, -0.2) is 8.42 Å². The van der Waals surface area contributed by atoms with E-state index >= 15 is 0 Å². The number of nitrogens with two attached hydrogens (primary N) is 1. The summed E-state index contributed by atoms with van der Waals surface area (Å²) in [6, 6.07) is 7.62. The number of thiocarbonyl (C=S) groups is 1. The molecule has 0 radical (unpaired) electrons. The van der Waals surface area contributed by atoms with Crippen LogP contribution in [-0.2, 0) is 10.0 Å². The van der Waals surface area contributed by atoms with Crippen LogP contribution in [0.3, 0.4) is 0 Å². The highest BCUT2D eigenvalue weighted by Crippen LogP contribution is 2.29. The average molecular weight is 363 g/mol. The van der Waals surface area contributed by atoms with Gasteiger partial charge in [-0.2, -0.15) is 4.72 Å². The number of hydrogen-bond donors (Lipinski definition) is 3. The fourth-order valence-corrected chi connectivity index (χ4v) is 2.98. The van der Waals surface area contributed by atoms with Crippen LogP contribution in [0.25, 0.3) is 0 Å². The molecule has 1 unspecified atom stereocenters. The van der Waals surface area contributed by atoms with Crippen LogP contribution in [0.4, 0.5) is 0 Å². The van der Waals surface area contributed by atoms with Gasteiger partial charge in [0.1, 0.15) is 6.17 Å². The Labute approximate surface area is 131 Å². The van der Waals surface area contributed by atoms with Crippen molar-refractivity contribution in [2.24, 2.45) is 5.73 Å². The maximum atomic E-state index is 12.1. The highest BCUT2D eigenvalue weighted by atomic mass is 35.6. The summed E-state index contributed by atoms with van der Waals surface area (Å²) < 4.78 is 24.3. The lowest BCUT2D eigenvalue weighted by Gasteiger charge is -2.26. The summed E-state index contributed by atoms with van der Waals surface area (Å²) in [6.07, 6.45) is -1.29. The number of hydrogen-bond acceptors (Lipinski definition) is 3. The molecule has 1 atom stereocenters. The third kappa shape index (κ3) is 5.29. The lowest BCUT2D eigenvalue weighted by Crippen LogP contribution is -2.56. The predicted octanol–water partition coefficient (Wildman–Crippen LogP) is 1.49. The molecule has 0 bridgehead atoms. The lowest BCUT2D eigenvalue weighted by atomic mass is 10.4. The summed E-state index contributed by atoms with van der Waals surface area (Å²) in [7, 11) is -3.87. The van der Waals surface area contributed by atoms with E-state index in [9.17, 15) is 8.42 Å². The third-order valence-electron chi connectivity index (χ3n) is 1.94. The van der Waals surface area contributed by atoms with Crippen molar-refractivity contribution in [3.05, 3.63) is 30.3 Å². The van der Waals surface area contributed by atoms with E-state index in [1.54, 1.807) is 18.2 Å². The minimum Gasteiger partial charge on any atom is -0.376 e. The number of rotatable bonds is 4. The summed E-state index contributed by atoms with van der Waals surface area (Å²) in [5.41, 5.74) is 5.26. The van der Waals surface area contributed by atoms with Crippen molar-refractivity contribution in [1.29, 1.82) is 0 Å². The number of nitrogens with one attached hydrogen (secondary N) is 2. The Morgan fingerprint density at radius 1 is 1.26 bits per heavy atom. The van der Waals surface area contributed by atoms with Gasteiger partial charge in [-0.3, -0.25) is 0 Å². The average Bonchev–Trinajstić information content (AvgIpc) is 2.27. The van der Waals surface area contributed by atoms with Gasteiger partial charge in [0.15, 0.2) is 5.11 Å². The zero-order chi connectivity index (χ0) is 14.7. The van der Waals surface area contributed by atoms with Crippen molar-refractivity contribution in [3.8, 4) is 0 Å². The molecule has 0 fully saturated rings. The Kier molecular flexibility index (Phi) is 5.66. The first kappa shape index (κ1) is 16.7. The topological polar surface area (TPSA) is 84.2 Å². The van der Waals surface area contributed by atoms with Crippen LogP contribution in [-0.4, -0.2) is 23.5 Å². The molecule has 0 aliphatic heterocycles. The Hall–Kier alpha value is -0.310. The number of alkyl halides is 3. The monoisotopic (exact) mass is 361 g/mol. The first-order valence-electron chi connectivity index (χ1n) is 4.83. The molecular formula is C9H10Cl3N3O2S2. The fraction of sp³-hybridized carbons (Fsp3) is 0.222. The molecular weight excluding hydrogens is 353 g/mol. The van der Waals surface area contributed by atoms with E-state index < -0.39 is 20.0 Å². The van der Waals surface area contributed by atoms with Crippen LogP contribution in [0.1, 0.15) is 0 Å². The normalized spacial score (nSPS) is 13.8. The van der Waals surface area contributed by atoms with Gasteiger partial charge in [-0.1, -0.05) is 53.0 Å².